The van der Waals surface area contributed by atoms with E-state index in [4.69, 9.17) is 0 Å². The molecule has 0 atom stereocenters. The van der Waals surface area contributed by atoms with Crippen LogP contribution >= 0.6 is 0 Å². The summed E-state index contributed by atoms with van der Waals surface area (Å²) in [6, 6.07) is 30.3. The first kappa shape index (κ1) is 28.2. The topological polar surface area (TPSA) is 37.3 Å². The summed E-state index contributed by atoms with van der Waals surface area (Å²) in [5.74, 6) is 0.0506. The van der Waals surface area contributed by atoms with Crippen molar-refractivity contribution >= 4 is 16.8 Å². The number of nitrogens with one attached hydrogen (secondary N) is 1. The van der Waals surface area contributed by atoms with Crippen LogP contribution in [0.2, 0.25) is 0 Å². The van der Waals surface area contributed by atoms with Gasteiger partial charge in [0.2, 0.25) is 0 Å². The molecule has 40 heavy (non-hydrogen) atoms. The zero-order chi connectivity index (χ0) is 27.7. The zero-order valence-electron chi connectivity index (χ0n) is 24.3. The van der Waals surface area contributed by atoms with Crippen molar-refractivity contribution in [2.24, 2.45) is 0 Å². The Morgan fingerprint density at radius 1 is 0.800 bits per heavy atom. The largest absolute Gasteiger partial charge is 0.348 e. The highest BCUT2D eigenvalue weighted by molar-refractivity contribution is 6.03. The van der Waals surface area contributed by atoms with E-state index < -0.39 is 0 Å². The normalized spacial score (nSPS) is 14.9. The predicted molar refractivity (Wildman–Crippen MR) is 167 cm³/mol. The minimum atomic E-state index is -0.0339. The second-order valence-electron chi connectivity index (χ2n) is 11.7. The lowest BCUT2D eigenvalue weighted by Gasteiger charge is -2.24. The fourth-order valence-corrected chi connectivity index (χ4v) is 6.47. The van der Waals surface area contributed by atoms with E-state index in [2.05, 4.69) is 114 Å². The molecule has 0 saturated heterocycles. The Labute approximate surface area is 240 Å². The van der Waals surface area contributed by atoms with Crippen LogP contribution in [0.5, 0.6) is 0 Å². The quantitative estimate of drug-likeness (QED) is 0.209. The first-order valence-corrected chi connectivity index (χ1v) is 15.3. The Hall–Kier alpha value is -3.37. The van der Waals surface area contributed by atoms with Gasteiger partial charge in [-0.25, -0.2) is 0 Å². The molecule has 0 aliphatic heterocycles. The number of rotatable bonds is 10. The van der Waals surface area contributed by atoms with Gasteiger partial charge in [-0.15, -0.1) is 0 Å². The number of hydrogen-bond donors (Lipinski definition) is 1. The minimum absolute atomic E-state index is 0.0339. The van der Waals surface area contributed by atoms with Crippen molar-refractivity contribution in [1.82, 2.24) is 14.8 Å². The summed E-state index contributed by atoms with van der Waals surface area (Å²) in [5.41, 5.74) is 5.55. The Bertz CT molecular complexity index is 1310. The van der Waals surface area contributed by atoms with Gasteiger partial charge in [-0.2, -0.15) is 0 Å². The lowest BCUT2D eigenvalue weighted by molar-refractivity contribution is 0.0920. The molecule has 1 aliphatic carbocycles. The molecule has 4 aromatic rings. The second-order valence-corrected chi connectivity index (χ2v) is 11.7. The first-order chi connectivity index (χ1) is 19.6. The highest BCUT2D eigenvalue weighted by Crippen LogP contribution is 2.40. The molecule has 0 bridgehead atoms. The average molecular weight is 536 g/mol. The minimum Gasteiger partial charge on any atom is -0.348 e. The van der Waals surface area contributed by atoms with Crippen molar-refractivity contribution in [3.63, 3.8) is 0 Å². The number of benzene rings is 3. The summed E-state index contributed by atoms with van der Waals surface area (Å²) >= 11 is 0. The summed E-state index contributed by atoms with van der Waals surface area (Å²) in [5, 5.41) is 4.72. The van der Waals surface area contributed by atoms with Gasteiger partial charge >= 0.3 is 0 Å². The van der Waals surface area contributed by atoms with Crippen LogP contribution < -0.4 is 5.32 Å². The molecule has 3 aromatic carbocycles. The molecule has 1 saturated carbocycles. The van der Waals surface area contributed by atoms with Gasteiger partial charge < -0.3 is 14.8 Å². The fourth-order valence-electron chi connectivity index (χ4n) is 6.47. The summed E-state index contributed by atoms with van der Waals surface area (Å²) in [6.45, 7) is 1.88. The van der Waals surface area contributed by atoms with Gasteiger partial charge in [-0.3, -0.25) is 4.79 Å². The number of amides is 1. The van der Waals surface area contributed by atoms with E-state index in [1.54, 1.807) is 0 Å². The van der Waals surface area contributed by atoms with Crippen LogP contribution in [0.1, 0.15) is 90.9 Å². The van der Waals surface area contributed by atoms with E-state index in [9.17, 15) is 4.79 Å². The zero-order valence-corrected chi connectivity index (χ0v) is 24.3. The monoisotopic (exact) mass is 535 g/mol. The summed E-state index contributed by atoms with van der Waals surface area (Å²) in [7, 11) is 4.25. The van der Waals surface area contributed by atoms with Crippen LogP contribution in [0.25, 0.3) is 10.9 Å². The number of carbonyl (C=O) groups is 1. The number of aromatic nitrogens is 1. The van der Waals surface area contributed by atoms with Gasteiger partial charge in [0.15, 0.2) is 0 Å². The molecular formula is C36H45N3O. The second kappa shape index (κ2) is 13.8. The lowest BCUT2D eigenvalue weighted by Crippen LogP contribution is -2.37. The van der Waals surface area contributed by atoms with Crippen LogP contribution in [0, 0.1) is 0 Å². The average Bonchev–Trinajstić information content (AvgIpc) is 3.28. The molecule has 1 heterocycles. The van der Waals surface area contributed by atoms with Crippen molar-refractivity contribution in [3.05, 3.63) is 107 Å². The molecule has 4 heteroatoms. The number of aryl methyl sites for hydroxylation is 1. The molecule has 1 N–H and O–H groups in total. The van der Waals surface area contributed by atoms with Crippen LogP contribution in [0.15, 0.2) is 84.9 Å². The number of para-hydroxylation sites is 1. The Kier molecular flexibility index (Phi) is 9.72. The van der Waals surface area contributed by atoms with Gasteiger partial charge in [0.25, 0.3) is 5.91 Å². The smallest absolute Gasteiger partial charge is 0.268 e. The van der Waals surface area contributed by atoms with E-state index in [1.807, 2.05) is 0 Å². The van der Waals surface area contributed by atoms with Gasteiger partial charge in [0.05, 0.1) is 0 Å². The van der Waals surface area contributed by atoms with Gasteiger partial charge in [-0.1, -0.05) is 111 Å². The van der Waals surface area contributed by atoms with Crippen molar-refractivity contribution < 1.29 is 4.79 Å². The van der Waals surface area contributed by atoms with Crippen molar-refractivity contribution in [3.8, 4) is 0 Å². The number of fused-ring (bicyclic) bond motifs is 1. The van der Waals surface area contributed by atoms with Crippen molar-refractivity contribution in [2.75, 3.05) is 20.6 Å². The van der Waals surface area contributed by atoms with E-state index in [-0.39, 0.29) is 17.9 Å². The third kappa shape index (κ3) is 6.67. The number of unbranched alkanes of at least 4 members (excludes halogenated alkanes) is 1. The number of nitrogens with zero attached hydrogens (tertiary/aromatic N) is 2. The summed E-state index contributed by atoms with van der Waals surface area (Å²) < 4.78 is 2.33. The third-order valence-electron chi connectivity index (χ3n) is 8.46. The molecule has 5 rings (SSSR count). The van der Waals surface area contributed by atoms with Crippen molar-refractivity contribution in [1.29, 1.82) is 0 Å². The molecule has 0 radical (unpaired) electrons. The van der Waals surface area contributed by atoms with Crippen LogP contribution in [-0.2, 0) is 6.54 Å². The maximum absolute atomic E-state index is 14.5. The van der Waals surface area contributed by atoms with E-state index in [0.29, 0.717) is 0 Å². The molecule has 0 spiro atoms. The Morgan fingerprint density at radius 2 is 1.38 bits per heavy atom. The van der Waals surface area contributed by atoms with Gasteiger partial charge in [0.1, 0.15) is 5.69 Å². The lowest BCUT2D eigenvalue weighted by atomic mass is 9.83. The molecule has 1 fully saturated rings. The third-order valence-corrected chi connectivity index (χ3v) is 8.46. The molecule has 1 aliphatic rings. The van der Waals surface area contributed by atoms with E-state index in [1.165, 1.54) is 48.6 Å². The summed E-state index contributed by atoms with van der Waals surface area (Å²) in [4.78, 5) is 16.7. The Balaban J connectivity index is 1.65. The van der Waals surface area contributed by atoms with Gasteiger partial charge in [-0.05, 0) is 63.5 Å². The van der Waals surface area contributed by atoms with Gasteiger partial charge in [0, 0.05) is 35.0 Å². The highest BCUT2D eigenvalue weighted by atomic mass is 16.2. The fraction of sp³-hybridized carbons (Fsp3) is 0.417. The Morgan fingerprint density at radius 3 is 2.00 bits per heavy atom. The maximum atomic E-state index is 14.5. The first-order valence-electron chi connectivity index (χ1n) is 15.3. The molecule has 1 amide bonds. The van der Waals surface area contributed by atoms with Crippen LogP contribution in [0.4, 0.5) is 0 Å². The van der Waals surface area contributed by atoms with Crippen molar-refractivity contribution in [2.45, 2.75) is 76.3 Å². The predicted octanol–water partition coefficient (Wildman–Crippen LogP) is 8.01. The molecule has 210 valence electrons. The molecule has 4 nitrogen and oxygen atoms in total. The highest BCUT2D eigenvalue weighted by Gasteiger charge is 2.31. The number of carbonyl (C=O) groups excluding carboxylic acids is 1. The standard InChI is InChI=1S/C36H45N3O/c1-38(2)26-16-17-27-39-32-25-15-14-24-31(32)34(35(39)36(40)37-30-22-12-4-3-5-13-23-30)33(28-18-8-6-9-19-28)29-20-10-7-11-21-29/h6-11,14-15,18-21,24-25,30,33H,3-5,12-13,16-17,22-23,26-27H2,1-2H3,(H,37,40). The van der Waals surface area contributed by atoms with Crippen LogP contribution in [-0.4, -0.2) is 42.1 Å². The van der Waals surface area contributed by atoms with E-state index >= 15 is 0 Å². The molecule has 1 aromatic heterocycles. The number of hydrogen-bond acceptors (Lipinski definition) is 2. The maximum Gasteiger partial charge on any atom is 0.268 e. The molecular weight excluding hydrogens is 490 g/mol. The SMILES string of the molecule is CN(C)CCCCn1c(C(=O)NC2CCCCCCC2)c(C(c2ccccc2)c2ccccc2)c2ccccc21. The van der Waals surface area contributed by atoms with Crippen LogP contribution in [0.3, 0.4) is 0 Å². The molecule has 0 unspecified atom stereocenters. The summed E-state index contributed by atoms with van der Waals surface area (Å²) in [6.07, 6.45) is 10.5. The van der Waals surface area contributed by atoms with E-state index in [0.717, 1.165) is 55.5 Å².